The van der Waals surface area contributed by atoms with Gasteiger partial charge >= 0.3 is 0 Å². The summed E-state index contributed by atoms with van der Waals surface area (Å²) in [6, 6.07) is 1.07. The molecule has 1 saturated carbocycles. The fourth-order valence-corrected chi connectivity index (χ4v) is 3.66. The summed E-state index contributed by atoms with van der Waals surface area (Å²) in [5.74, 6) is 0.971. The standard InChI is InChI=1S/C15H30N2/c1-4-12-6-9-17(10-7-12)14-11-15(2,3)8-5-13(14)16/h12-14H,4-11,16H2,1-3H3. The van der Waals surface area contributed by atoms with Crippen LogP contribution in [0.25, 0.3) is 0 Å². The molecule has 2 aliphatic rings. The molecule has 1 saturated heterocycles. The van der Waals surface area contributed by atoms with Gasteiger partial charge in [0.15, 0.2) is 0 Å². The van der Waals surface area contributed by atoms with E-state index >= 15 is 0 Å². The molecular formula is C15H30N2. The zero-order valence-corrected chi connectivity index (χ0v) is 11.9. The monoisotopic (exact) mass is 238 g/mol. The predicted octanol–water partition coefficient (Wildman–Crippen LogP) is 3.01. The summed E-state index contributed by atoms with van der Waals surface area (Å²) in [4.78, 5) is 2.69. The summed E-state index contributed by atoms with van der Waals surface area (Å²) >= 11 is 0. The lowest BCUT2D eigenvalue weighted by Gasteiger charge is -2.47. The summed E-state index contributed by atoms with van der Waals surface area (Å²) in [7, 11) is 0. The van der Waals surface area contributed by atoms with Crippen molar-refractivity contribution in [2.45, 2.75) is 71.4 Å². The molecule has 0 bridgehead atoms. The Bertz CT molecular complexity index is 241. The van der Waals surface area contributed by atoms with Crippen LogP contribution in [0.2, 0.25) is 0 Å². The minimum atomic E-state index is 0.418. The van der Waals surface area contributed by atoms with Crippen molar-refractivity contribution in [3.05, 3.63) is 0 Å². The molecule has 2 fully saturated rings. The van der Waals surface area contributed by atoms with E-state index in [1.165, 1.54) is 51.6 Å². The van der Waals surface area contributed by atoms with Gasteiger partial charge in [0.2, 0.25) is 0 Å². The largest absolute Gasteiger partial charge is 0.326 e. The first kappa shape index (κ1) is 13.4. The molecule has 0 aromatic rings. The third-order valence-electron chi connectivity index (χ3n) is 5.11. The van der Waals surface area contributed by atoms with Gasteiger partial charge in [0.05, 0.1) is 0 Å². The molecule has 1 aliphatic carbocycles. The van der Waals surface area contributed by atoms with Gasteiger partial charge in [-0.3, -0.25) is 4.90 Å². The summed E-state index contributed by atoms with van der Waals surface area (Å²) < 4.78 is 0. The fraction of sp³-hybridized carbons (Fsp3) is 1.00. The van der Waals surface area contributed by atoms with E-state index in [9.17, 15) is 0 Å². The number of piperidine rings is 1. The number of hydrogen-bond donors (Lipinski definition) is 1. The maximum absolute atomic E-state index is 6.36. The van der Waals surface area contributed by atoms with E-state index in [0.717, 1.165) is 5.92 Å². The van der Waals surface area contributed by atoms with Gasteiger partial charge in [0, 0.05) is 12.1 Å². The van der Waals surface area contributed by atoms with Crippen molar-refractivity contribution in [3.8, 4) is 0 Å². The molecule has 2 nitrogen and oxygen atoms in total. The zero-order valence-electron chi connectivity index (χ0n) is 11.9. The number of nitrogens with two attached hydrogens (primary N) is 1. The van der Waals surface area contributed by atoms with Crippen LogP contribution < -0.4 is 5.73 Å². The first-order valence-electron chi connectivity index (χ1n) is 7.51. The molecule has 2 heteroatoms. The van der Waals surface area contributed by atoms with Gasteiger partial charge in [0.1, 0.15) is 0 Å². The summed E-state index contributed by atoms with van der Waals surface area (Å²) in [5, 5.41) is 0. The van der Waals surface area contributed by atoms with Crippen LogP contribution in [0, 0.1) is 11.3 Å². The van der Waals surface area contributed by atoms with Crippen molar-refractivity contribution in [2.75, 3.05) is 13.1 Å². The minimum absolute atomic E-state index is 0.418. The van der Waals surface area contributed by atoms with E-state index in [1.807, 2.05) is 0 Å². The van der Waals surface area contributed by atoms with Gasteiger partial charge in [-0.05, 0) is 56.5 Å². The van der Waals surface area contributed by atoms with Gasteiger partial charge in [-0.15, -0.1) is 0 Å². The van der Waals surface area contributed by atoms with Crippen LogP contribution in [-0.4, -0.2) is 30.1 Å². The highest BCUT2D eigenvalue weighted by molar-refractivity contribution is 4.94. The SMILES string of the molecule is CCC1CCN(C2CC(C)(C)CCC2N)CC1. The number of rotatable bonds is 2. The maximum Gasteiger partial charge on any atom is 0.0252 e. The molecule has 1 heterocycles. The lowest BCUT2D eigenvalue weighted by atomic mass is 9.72. The summed E-state index contributed by atoms with van der Waals surface area (Å²) in [6.45, 7) is 9.71. The summed E-state index contributed by atoms with van der Waals surface area (Å²) in [5.41, 5.74) is 6.86. The second-order valence-electron chi connectivity index (χ2n) is 7.03. The molecule has 0 aromatic heterocycles. The summed E-state index contributed by atoms with van der Waals surface area (Å²) in [6.07, 6.45) is 7.95. The Morgan fingerprint density at radius 2 is 1.82 bits per heavy atom. The average Bonchev–Trinajstić information content (AvgIpc) is 2.33. The van der Waals surface area contributed by atoms with Crippen molar-refractivity contribution in [2.24, 2.45) is 17.1 Å². The van der Waals surface area contributed by atoms with Crippen molar-refractivity contribution in [1.29, 1.82) is 0 Å². The third-order valence-corrected chi connectivity index (χ3v) is 5.11. The number of hydrogen-bond acceptors (Lipinski definition) is 2. The highest BCUT2D eigenvalue weighted by atomic mass is 15.2. The first-order valence-corrected chi connectivity index (χ1v) is 7.51. The average molecular weight is 238 g/mol. The van der Waals surface area contributed by atoms with Crippen LogP contribution in [0.3, 0.4) is 0 Å². The quantitative estimate of drug-likeness (QED) is 0.801. The fourth-order valence-electron chi connectivity index (χ4n) is 3.66. The van der Waals surface area contributed by atoms with E-state index in [0.29, 0.717) is 17.5 Å². The molecule has 2 unspecified atom stereocenters. The van der Waals surface area contributed by atoms with Crippen molar-refractivity contribution in [3.63, 3.8) is 0 Å². The van der Waals surface area contributed by atoms with Gasteiger partial charge in [-0.1, -0.05) is 27.2 Å². The van der Waals surface area contributed by atoms with Crippen LogP contribution in [0.1, 0.15) is 59.3 Å². The van der Waals surface area contributed by atoms with Gasteiger partial charge in [-0.25, -0.2) is 0 Å². The Hall–Kier alpha value is -0.0800. The van der Waals surface area contributed by atoms with Crippen molar-refractivity contribution in [1.82, 2.24) is 4.90 Å². The molecule has 2 atom stereocenters. The van der Waals surface area contributed by atoms with Crippen molar-refractivity contribution < 1.29 is 0 Å². The molecule has 17 heavy (non-hydrogen) atoms. The van der Waals surface area contributed by atoms with Gasteiger partial charge in [0.25, 0.3) is 0 Å². The Labute approximate surface area is 107 Å². The van der Waals surface area contributed by atoms with Crippen LogP contribution in [0.5, 0.6) is 0 Å². The minimum Gasteiger partial charge on any atom is -0.326 e. The molecule has 0 spiro atoms. The van der Waals surface area contributed by atoms with Crippen LogP contribution in [0.4, 0.5) is 0 Å². The number of likely N-dealkylation sites (tertiary alicyclic amines) is 1. The maximum atomic E-state index is 6.36. The smallest absolute Gasteiger partial charge is 0.0252 e. The zero-order chi connectivity index (χ0) is 12.5. The molecule has 0 aromatic carbocycles. The Morgan fingerprint density at radius 3 is 2.41 bits per heavy atom. The van der Waals surface area contributed by atoms with Gasteiger partial charge < -0.3 is 5.73 Å². The molecule has 2 N–H and O–H groups in total. The highest BCUT2D eigenvalue weighted by Crippen LogP contribution is 2.38. The third kappa shape index (κ3) is 3.23. The Kier molecular flexibility index (Phi) is 4.14. The topological polar surface area (TPSA) is 29.3 Å². The lowest BCUT2D eigenvalue weighted by molar-refractivity contribution is 0.0514. The van der Waals surface area contributed by atoms with Crippen LogP contribution in [-0.2, 0) is 0 Å². The molecule has 0 amide bonds. The van der Waals surface area contributed by atoms with E-state index in [2.05, 4.69) is 25.7 Å². The van der Waals surface area contributed by atoms with E-state index in [4.69, 9.17) is 5.73 Å². The molecule has 0 radical (unpaired) electrons. The van der Waals surface area contributed by atoms with E-state index < -0.39 is 0 Å². The molecular weight excluding hydrogens is 208 g/mol. The van der Waals surface area contributed by atoms with E-state index in [1.54, 1.807) is 0 Å². The second kappa shape index (κ2) is 5.27. The molecule has 2 rings (SSSR count). The van der Waals surface area contributed by atoms with Crippen LogP contribution >= 0.6 is 0 Å². The number of nitrogens with zero attached hydrogens (tertiary/aromatic N) is 1. The first-order chi connectivity index (χ1) is 8.02. The van der Waals surface area contributed by atoms with E-state index in [-0.39, 0.29) is 0 Å². The Balaban J connectivity index is 1.92. The molecule has 1 aliphatic heterocycles. The Morgan fingerprint density at radius 1 is 1.18 bits per heavy atom. The normalized spacial score (nSPS) is 36.0. The lowest BCUT2D eigenvalue weighted by Crippen LogP contribution is -2.54. The van der Waals surface area contributed by atoms with Gasteiger partial charge in [-0.2, -0.15) is 0 Å². The second-order valence-corrected chi connectivity index (χ2v) is 7.03. The highest BCUT2D eigenvalue weighted by Gasteiger charge is 2.37. The van der Waals surface area contributed by atoms with Crippen LogP contribution in [0.15, 0.2) is 0 Å². The van der Waals surface area contributed by atoms with Crippen molar-refractivity contribution >= 4 is 0 Å². The predicted molar refractivity (Wildman–Crippen MR) is 74.0 cm³/mol. The molecule has 100 valence electrons.